The number of rotatable bonds is 3. The van der Waals surface area contributed by atoms with Crippen LogP contribution < -0.4 is 4.74 Å². The molecule has 1 aromatic rings. The van der Waals surface area contributed by atoms with Crippen LogP contribution in [-0.4, -0.2) is 46.3 Å². The molecule has 110 valence electrons. The van der Waals surface area contributed by atoms with Gasteiger partial charge < -0.3 is 14.4 Å². The normalized spacial score (nSPS) is 16.3. The van der Waals surface area contributed by atoms with Gasteiger partial charge in [-0.15, -0.1) is 0 Å². The van der Waals surface area contributed by atoms with E-state index in [0.29, 0.717) is 24.1 Å². The van der Waals surface area contributed by atoms with E-state index in [1.807, 2.05) is 13.8 Å². The van der Waals surface area contributed by atoms with E-state index >= 15 is 0 Å². The first-order valence-electron chi connectivity index (χ1n) is 6.64. The van der Waals surface area contributed by atoms with Crippen molar-refractivity contribution in [3.05, 3.63) is 17.5 Å². The predicted octanol–water partition coefficient (Wildman–Crippen LogP) is 2.52. The van der Waals surface area contributed by atoms with Crippen molar-refractivity contribution in [3.8, 4) is 5.88 Å². The summed E-state index contributed by atoms with van der Waals surface area (Å²) in [6.07, 6.45) is 2.53. The lowest BCUT2D eigenvalue weighted by Crippen LogP contribution is -2.42. The van der Waals surface area contributed by atoms with Crippen molar-refractivity contribution in [1.82, 2.24) is 14.9 Å². The Balaban J connectivity index is 1.81. The fraction of sp³-hybridized carbons (Fsp3) is 0.615. The fourth-order valence-corrected chi connectivity index (χ4v) is 2.12. The Bertz CT molecular complexity index is 462. The largest absolute Gasteiger partial charge is 0.474 e. The first kappa shape index (κ1) is 14.8. The van der Waals surface area contributed by atoms with Gasteiger partial charge >= 0.3 is 6.09 Å². The van der Waals surface area contributed by atoms with Gasteiger partial charge in [0.2, 0.25) is 5.88 Å². The van der Waals surface area contributed by atoms with Crippen LogP contribution in [0.5, 0.6) is 5.88 Å². The minimum absolute atomic E-state index is 0.0315. The molecule has 0 atom stereocenters. The van der Waals surface area contributed by atoms with Crippen LogP contribution in [0, 0.1) is 0 Å². The summed E-state index contributed by atoms with van der Waals surface area (Å²) >= 11 is 5.78. The van der Waals surface area contributed by atoms with Gasteiger partial charge in [-0.2, -0.15) is 0 Å². The van der Waals surface area contributed by atoms with Crippen molar-refractivity contribution >= 4 is 17.7 Å². The quantitative estimate of drug-likeness (QED) is 0.802. The smallest absolute Gasteiger partial charge is 0.410 e. The Morgan fingerprint density at radius 2 is 2.10 bits per heavy atom. The molecular formula is C13H18ClN3O3. The van der Waals surface area contributed by atoms with Crippen molar-refractivity contribution in [2.45, 2.75) is 38.9 Å². The SMILES string of the molecule is CC(C)OC(=O)N1CCC(Oc2cc(Cl)ncn2)CC1. The zero-order chi connectivity index (χ0) is 14.5. The maximum atomic E-state index is 11.7. The lowest BCUT2D eigenvalue weighted by molar-refractivity contribution is 0.0507. The summed E-state index contributed by atoms with van der Waals surface area (Å²) in [4.78, 5) is 21.2. The van der Waals surface area contributed by atoms with E-state index in [0.717, 1.165) is 12.8 Å². The molecule has 20 heavy (non-hydrogen) atoms. The number of likely N-dealkylation sites (tertiary alicyclic amines) is 1. The number of aromatic nitrogens is 2. The van der Waals surface area contributed by atoms with Gasteiger partial charge in [-0.05, 0) is 13.8 Å². The number of halogens is 1. The fourth-order valence-electron chi connectivity index (χ4n) is 1.98. The molecule has 0 aliphatic carbocycles. The standard InChI is InChI=1S/C13H18ClN3O3/c1-9(2)19-13(18)17-5-3-10(4-6-17)20-12-7-11(14)15-8-16-12/h7-10H,3-6H2,1-2H3. The van der Waals surface area contributed by atoms with Gasteiger partial charge in [-0.1, -0.05) is 11.6 Å². The molecule has 6 nitrogen and oxygen atoms in total. The molecule has 0 bridgehead atoms. The highest BCUT2D eigenvalue weighted by atomic mass is 35.5. The third kappa shape index (κ3) is 4.23. The summed E-state index contributed by atoms with van der Waals surface area (Å²) in [6, 6.07) is 1.58. The number of carbonyl (C=O) groups excluding carboxylic acids is 1. The number of ether oxygens (including phenoxy) is 2. The van der Waals surface area contributed by atoms with Gasteiger partial charge in [0.05, 0.1) is 6.10 Å². The number of piperidine rings is 1. The monoisotopic (exact) mass is 299 g/mol. The first-order valence-corrected chi connectivity index (χ1v) is 7.02. The van der Waals surface area contributed by atoms with Crippen LogP contribution in [0.25, 0.3) is 0 Å². The predicted molar refractivity (Wildman–Crippen MR) is 73.9 cm³/mol. The number of amides is 1. The molecule has 0 unspecified atom stereocenters. The number of carbonyl (C=O) groups is 1. The van der Waals surface area contributed by atoms with Crippen molar-refractivity contribution < 1.29 is 14.3 Å². The maximum absolute atomic E-state index is 11.7. The van der Waals surface area contributed by atoms with E-state index in [1.54, 1.807) is 11.0 Å². The average Bonchev–Trinajstić information content (AvgIpc) is 2.38. The molecular weight excluding hydrogens is 282 g/mol. The van der Waals surface area contributed by atoms with E-state index in [4.69, 9.17) is 21.1 Å². The summed E-state index contributed by atoms with van der Waals surface area (Å²) in [5, 5.41) is 0.355. The second-order valence-electron chi connectivity index (χ2n) is 4.92. The Morgan fingerprint density at radius 3 is 2.70 bits per heavy atom. The Labute approximate surface area is 123 Å². The summed E-state index contributed by atoms with van der Waals surface area (Å²) in [5.74, 6) is 0.466. The van der Waals surface area contributed by atoms with Crippen LogP contribution in [0.1, 0.15) is 26.7 Å². The molecule has 7 heteroatoms. The molecule has 0 spiro atoms. The lowest BCUT2D eigenvalue weighted by Gasteiger charge is -2.31. The van der Waals surface area contributed by atoms with E-state index in [2.05, 4.69) is 9.97 Å². The van der Waals surface area contributed by atoms with Gasteiger partial charge in [0.25, 0.3) is 0 Å². The Kier molecular flexibility index (Phi) is 5.00. The topological polar surface area (TPSA) is 64.5 Å². The van der Waals surface area contributed by atoms with Crippen molar-refractivity contribution in [1.29, 1.82) is 0 Å². The molecule has 1 amide bonds. The maximum Gasteiger partial charge on any atom is 0.410 e. The van der Waals surface area contributed by atoms with E-state index in [1.165, 1.54) is 6.33 Å². The Hall–Kier alpha value is -1.56. The minimum atomic E-state index is -0.261. The van der Waals surface area contributed by atoms with E-state index < -0.39 is 0 Å². The third-order valence-corrected chi connectivity index (χ3v) is 3.14. The second kappa shape index (κ2) is 6.74. The third-order valence-electron chi connectivity index (χ3n) is 2.93. The molecule has 0 saturated carbocycles. The average molecular weight is 300 g/mol. The van der Waals surface area contributed by atoms with Gasteiger partial charge in [-0.25, -0.2) is 14.8 Å². The van der Waals surface area contributed by atoms with Crippen molar-refractivity contribution in [2.75, 3.05) is 13.1 Å². The molecule has 2 heterocycles. The first-order chi connectivity index (χ1) is 9.54. The van der Waals surface area contributed by atoms with Crippen LogP contribution >= 0.6 is 11.6 Å². The second-order valence-corrected chi connectivity index (χ2v) is 5.30. The van der Waals surface area contributed by atoms with Gasteiger partial charge in [-0.3, -0.25) is 0 Å². The van der Waals surface area contributed by atoms with Gasteiger partial charge in [0, 0.05) is 32.0 Å². The van der Waals surface area contributed by atoms with Crippen LogP contribution in [0.4, 0.5) is 4.79 Å². The molecule has 0 radical (unpaired) electrons. The minimum Gasteiger partial charge on any atom is -0.474 e. The highest BCUT2D eigenvalue weighted by Gasteiger charge is 2.25. The van der Waals surface area contributed by atoms with Gasteiger partial charge in [0.1, 0.15) is 17.6 Å². The summed E-state index contributed by atoms with van der Waals surface area (Å²) in [7, 11) is 0. The number of nitrogens with zero attached hydrogens (tertiary/aromatic N) is 3. The van der Waals surface area contributed by atoms with Crippen LogP contribution in [0.2, 0.25) is 5.15 Å². The molecule has 1 aliphatic heterocycles. The molecule has 1 aliphatic rings. The molecule has 0 aromatic carbocycles. The van der Waals surface area contributed by atoms with E-state index in [-0.39, 0.29) is 18.3 Å². The zero-order valence-corrected chi connectivity index (χ0v) is 12.3. The van der Waals surface area contributed by atoms with Crippen LogP contribution in [0.3, 0.4) is 0 Å². The molecule has 1 aromatic heterocycles. The van der Waals surface area contributed by atoms with Crippen molar-refractivity contribution in [2.24, 2.45) is 0 Å². The summed E-state index contributed by atoms with van der Waals surface area (Å²) in [5.41, 5.74) is 0. The number of hydrogen-bond donors (Lipinski definition) is 0. The summed E-state index contributed by atoms with van der Waals surface area (Å²) < 4.78 is 10.9. The highest BCUT2D eigenvalue weighted by molar-refractivity contribution is 6.29. The highest BCUT2D eigenvalue weighted by Crippen LogP contribution is 2.19. The molecule has 1 saturated heterocycles. The molecule has 2 rings (SSSR count). The number of hydrogen-bond acceptors (Lipinski definition) is 5. The lowest BCUT2D eigenvalue weighted by atomic mass is 10.1. The van der Waals surface area contributed by atoms with Gasteiger partial charge in [0.15, 0.2) is 0 Å². The molecule has 1 fully saturated rings. The van der Waals surface area contributed by atoms with E-state index in [9.17, 15) is 4.79 Å². The van der Waals surface area contributed by atoms with Crippen molar-refractivity contribution in [3.63, 3.8) is 0 Å². The molecule has 0 N–H and O–H groups in total. The van der Waals surface area contributed by atoms with Crippen LogP contribution in [0.15, 0.2) is 12.4 Å². The zero-order valence-electron chi connectivity index (χ0n) is 11.6. The summed E-state index contributed by atoms with van der Waals surface area (Å²) in [6.45, 7) is 4.92. The van der Waals surface area contributed by atoms with Crippen LogP contribution in [-0.2, 0) is 4.74 Å². The Morgan fingerprint density at radius 1 is 1.40 bits per heavy atom.